The first-order valence-corrected chi connectivity index (χ1v) is 9.32. The molecule has 98 valence electrons. The fourth-order valence-electron chi connectivity index (χ4n) is 1.69. The van der Waals surface area contributed by atoms with Crippen molar-refractivity contribution >= 4 is 20.3 Å². The van der Waals surface area contributed by atoms with E-state index < -0.39 is 14.5 Å². The smallest absolute Gasteiger partial charge is 0.540 e. The molecule has 0 amide bonds. The van der Waals surface area contributed by atoms with Gasteiger partial charge in [0.25, 0.3) is 0 Å². The molecule has 0 aromatic heterocycles. The molecular weight excluding hydrogens is 239 g/mol. The molecule has 0 saturated heterocycles. The number of benzene rings is 1. The maximum Gasteiger partial charge on any atom is 0.540 e. The summed E-state index contributed by atoms with van der Waals surface area (Å²) in [5.74, 6) is 6.31. The van der Waals surface area contributed by atoms with E-state index in [-0.39, 0.29) is 0 Å². The SMILES string of the molecule is CCCN=C(c1ccccc1[O][Al]([CH3])[CH3])N(C)C. The monoisotopic (exact) mass is 262 g/mol. The molecule has 1 aromatic carbocycles. The average Bonchev–Trinajstić information content (AvgIpc) is 2.30. The highest BCUT2D eigenvalue weighted by Gasteiger charge is 2.14. The maximum absolute atomic E-state index is 5.99. The van der Waals surface area contributed by atoms with E-state index in [1.165, 1.54) is 0 Å². The summed E-state index contributed by atoms with van der Waals surface area (Å²) in [5, 5.41) is 0. The van der Waals surface area contributed by atoms with Gasteiger partial charge in [-0.05, 0) is 18.6 Å². The summed E-state index contributed by atoms with van der Waals surface area (Å²) in [7, 11) is 4.05. The van der Waals surface area contributed by atoms with Crippen LogP contribution in [0.4, 0.5) is 0 Å². The molecule has 0 aliphatic carbocycles. The van der Waals surface area contributed by atoms with Crippen molar-refractivity contribution < 1.29 is 3.79 Å². The Morgan fingerprint density at radius 3 is 2.50 bits per heavy atom. The van der Waals surface area contributed by atoms with Crippen LogP contribution in [0, 0.1) is 0 Å². The van der Waals surface area contributed by atoms with Crippen LogP contribution >= 0.6 is 0 Å². The van der Waals surface area contributed by atoms with E-state index in [9.17, 15) is 0 Å². The zero-order chi connectivity index (χ0) is 13.5. The van der Waals surface area contributed by atoms with Gasteiger partial charge in [0.2, 0.25) is 0 Å². The van der Waals surface area contributed by atoms with Gasteiger partial charge in [-0.15, -0.1) is 0 Å². The first kappa shape index (κ1) is 15.1. The molecule has 0 saturated carbocycles. The number of hydrogen-bond donors (Lipinski definition) is 0. The second-order valence-corrected chi connectivity index (χ2v) is 7.10. The van der Waals surface area contributed by atoms with Gasteiger partial charge in [0.1, 0.15) is 5.84 Å². The van der Waals surface area contributed by atoms with E-state index in [1.54, 1.807) is 0 Å². The summed E-state index contributed by atoms with van der Waals surface area (Å²) >= 11 is -1.10. The molecule has 1 rings (SSSR count). The normalized spacial score (nSPS) is 11.3. The molecule has 0 bridgehead atoms. The van der Waals surface area contributed by atoms with E-state index >= 15 is 0 Å². The van der Waals surface area contributed by atoms with Gasteiger partial charge in [0.15, 0.2) is 0 Å². The molecule has 0 atom stereocenters. The Morgan fingerprint density at radius 1 is 1.28 bits per heavy atom. The second kappa shape index (κ2) is 7.46. The molecule has 0 N–H and O–H groups in total. The fourth-order valence-corrected chi connectivity index (χ4v) is 2.41. The van der Waals surface area contributed by atoms with Crippen LogP contribution in [0.1, 0.15) is 18.9 Å². The molecular formula is C14H23AlN2O. The lowest BCUT2D eigenvalue weighted by atomic mass is 10.1. The maximum atomic E-state index is 5.99. The van der Waals surface area contributed by atoms with Gasteiger partial charge in [0.05, 0.1) is 11.3 Å². The van der Waals surface area contributed by atoms with Crippen LogP contribution in [0.25, 0.3) is 0 Å². The van der Waals surface area contributed by atoms with Gasteiger partial charge in [-0.3, -0.25) is 4.99 Å². The molecule has 0 aliphatic heterocycles. The number of hydrogen-bond acceptors (Lipinski definition) is 2. The summed E-state index contributed by atoms with van der Waals surface area (Å²) in [6.07, 6.45) is 1.05. The lowest BCUT2D eigenvalue weighted by Crippen LogP contribution is -2.25. The molecule has 0 fully saturated rings. The summed E-state index contributed by atoms with van der Waals surface area (Å²) in [5.41, 5.74) is 1.09. The lowest BCUT2D eigenvalue weighted by Gasteiger charge is -2.20. The summed E-state index contributed by atoms with van der Waals surface area (Å²) in [6.45, 7) is 2.99. The molecule has 4 heteroatoms. The minimum atomic E-state index is -1.10. The average molecular weight is 262 g/mol. The number of aliphatic imine (C=N–C) groups is 1. The summed E-state index contributed by atoms with van der Waals surface area (Å²) in [6, 6.07) is 8.17. The fraction of sp³-hybridized carbons (Fsp3) is 0.500. The Bertz CT molecular complexity index is 403. The zero-order valence-electron chi connectivity index (χ0n) is 12.1. The van der Waals surface area contributed by atoms with E-state index in [0.717, 1.165) is 30.1 Å². The quantitative estimate of drug-likeness (QED) is 0.463. The topological polar surface area (TPSA) is 24.8 Å². The van der Waals surface area contributed by atoms with Crippen molar-refractivity contribution in [1.29, 1.82) is 0 Å². The van der Waals surface area contributed by atoms with E-state index in [4.69, 9.17) is 3.79 Å². The van der Waals surface area contributed by atoms with E-state index in [1.807, 2.05) is 32.3 Å². The van der Waals surface area contributed by atoms with Crippen LogP contribution in [-0.2, 0) is 0 Å². The molecule has 1 aromatic rings. The molecule has 0 heterocycles. The predicted molar refractivity (Wildman–Crippen MR) is 79.9 cm³/mol. The Kier molecular flexibility index (Phi) is 6.25. The number of nitrogens with zero attached hydrogens (tertiary/aromatic N) is 2. The highest BCUT2D eigenvalue weighted by atomic mass is 27.2. The third-order valence-electron chi connectivity index (χ3n) is 2.40. The third kappa shape index (κ3) is 4.36. The minimum absolute atomic E-state index is 0.848. The highest BCUT2D eigenvalue weighted by molar-refractivity contribution is 6.49. The molecule has 0 aliphatic rings. The summed E-state index contributed by atoms with van der Waals surface area (Å²) < 4.78 is 5.99. The van der Waals surface area contributed by atoms with Gasteiger partial charge in [-0.2, -0.15) is 0 Å². The van der Waals surface area contributed by atoms with Crippen molar-refractivity contribution in [3.8, 4) is 5.75 Å². The van der Waals surface area contributed by atoms with E-state index in [0.29, 0.717) is 0 Å². The van der Waals surface area contributed by atoms with Crippen LogP contribution < -0.4 is 3.79 Å². The van der Waals surface area contributed by atoms with Crippen LogP contribution in [0.5, 0.6) is 5.75 Å². The Morgan fingerprint density at radius 2 is 1.94 bits per heavy atom. The first-order valence-electron chi connectivity index (χ1n) is 6.54. The van der Waals surface area contributed by atoms with Crippen LogP contribution in [0.2, 0.25) is 11.6 Å². The number of rotatable bonds is 5. The first-order chi connectivity index (χ1) is 8.56. The van der Waals surface area contributed by atoms with Gasteiger partial charge < -0.3 is 8.69 Å². The van der Waals surface area contributed by atoms with Crippen LogP contribution in [0.3, 0.4) is 0 Å². The largest absolute Gasteiger partial charge is 0.642 e. The second-order valence-electron chi connectivity index (χ2n) is 4.76. The van der Waals surface area contributed by atoms with Crippen molar-refractivity contribution in [2.24, 2.45) is 4.99 Å². The van der Waals surface area contributed by atoms with E-state index in [2.05, 4.69) is 34.5 Å². The van der Waals surface area contributed by atoms with Crippen molar-refractivity contribution in [2.75, 3.05) is 20.6 Å². The zero-order valence-corrected chi connectivity index (χ0v) is 13.3. The van der Waals surface area contributed by atoms with Crippen LogP contribution in [-0.4, -0.2) is 45.9 Å². The summed E-state index contributed by atoms with van der Waals surface area (Å²) in [4.78, 5) is 6.71. The predicted octanol–water partition coefficient (Wildman–Crippen LogP) is 3.03. The molecule has 0 unspecified atom stereocenters. The van der Waals surface area contributed by atoms with Gasteiger partial charge in [-0.1, -0.05) is 30.6 Å². The highest BCUT2D eigenvalue weighted by Crippen LogP contribution is 2.20. The van der Waals surface area contributed by atoms with Crippen molar-refractivity contribution in [2.45, 2.75) is 24.9 Å². The lowest BCUT2D eigenvalue weighted by molar-refractivity contribution is 0.570. The Hall–Kier alpha value is -0.978. The van der Waals surface area contributed by atoms with Crippen molar-refractivity contribution in [3.05, 3.63) is 29.8 Å². The van der Waals surface area contributed by atoms with Crippen LogP contribution in [0.15, 0.2) is 29.3 Å². The van der Waals surface area contributed by atoms with Gasteiger partial charge >= 0.3 is 14.5 Å². The Balaban J connectivity index is 3.11. The Labute approximate surface area is 115 Å². The van der Waals surface area contributed by atoms with Crippen molar-refractivity contribution in [1.82, 2.24) is 4.90 Å². The molecule has 3 nitrogen and oxygen atoms in total. The standard InChI is InChI=1S/C12H18N2O.2CH3.Al/c1-4-9-13-12(14(2)3)10-7-5-6-8-11(10)15;;;/h5-8,15H,4,9H2,1-3H3;2*1H3;/q;;;+1/p-1. The van der Waals surface area contributed by atoms with Crippen molar-refractivity contribution in [3.63, 3.8) is 0 Å². The molecule has 18 heavy (non-hydrogen) atoms. The minimum Gasteiger partial charge on any atom is -0.642 e. The van der Waals surface area contributed by atoms with Gasteiger partial charge in [0, 0.05) is 20.6 Å². The molecule has 0 spiro atoms. The van der Waals surface area contributed by atoms with Gasteiger partial charge in [-0.25, -0.2) is 0 Å². The number of amidine groups is 1. The third-order valence-corrected chi connectivity index (χ3v) is 3.12. The molecule has 0 radical (unpaired) electrons. The number of para-hydroxylation sites is 1.